The first-order chi connectivity index (χ1) is 4.62. The predicted octanol–water partition coefficient (Wildman–Crippen LogP) is 3.08. The lowest BCUT2D eigenvalue weighted by Crippen LogP contribution is -2.51. The van der Waals surface area contributed by atoms with Crippen molar-refractivity contribution in [3.05, 3.63) is 0 Å². The molecular formula is C10H18. The standard InChI is InChI=1S/C10H18/c1-7-4-5-8-6-9(7)10(8,2)3/h7-9H,4-6H2,1-3H3/t7-,8+,9?/m0/s1. The van der Waals surface area contributed by atoms with Crippen LogP contribution in [0, 0.1) is 23.2 Å². The van der Waals surface area contributed by atoms with E-state index in [0.29, 0.717) is 5.41 Å². The van der Waals surface area contributed by atoms with Crippen molar-refractivity contribution in [2.24, 2.45) is 23.2 Å². The maximum atomic E-state index is 2.46. The molecule has 3 fully saturated rings. The van der Waals surface area contributed by atoms with Gasteiger partial charge in [0, 0.05) is 0 Å². The molecule has 0 heterocycles. The van der Waals surface area contributed by atoms with Gasteiger partial charge in [-0.1, -0.05) is 27.2 Å². The van der Waals surface area contributed by atoms with Crippen molar-refractivity contribution in [2.75, 3.05) is 0 Å². The van der Waals surface area contributed by atoms with Crippen LogP contribution in [0.15, 0.2) is 0 Å². The molecule has 0 saturated heterocycles. The van der Waals surface area contributed by atoms with Gasteiger partial charge in [-0.15, -0.1) is 0 Å². The van der Waals surface area contributed by atoms with E-state index in [1.54, 1.807) is 0 Å². The lowest BCUT2D eigenvalue weighted by molar-refractivity contribution is -0.0988. The molecule has 3 atom stereocenters. The Morgan fingerprint density at radius 1 is 1.20 bits per heavy atom. The molecule has 0 aliphatic heterocycles. The van der Waals surface area contributed by atoms with Crippen molar-refractivity contribution in [1.82, 2.24) is 0 Å². The topological polar surface area (TPSA) is 0 Å². The fourth-order valence-corrected chi connectivity index (χ4v) is 3.18. The second-order valence-electron chi connectivity index (χ2n) is 4.92. The SMILES string of the molecule is C[C@H]1CC[C@@H]2CC1C2(C)C. The summed E-state index contributed by atoms with van der Waals surface area (Å²) in [5.74, 6) is 3.15. The normalized spacial score (nSPS) is 50.1. The van der Waals surface area contributed by atoms with E-state index >= 15 is 0 Å². The summed E-state index contributed by atoms with van der Waals surface area (Å²) in [5.41, 5.74) is 0.706. The van der Waals surface area contributed by atoms with Crippen molar-refractivity contribution >= 4 is 0 Å². The molecule has 10 heavy (non-hydrogen) atoms. The predicted molar refractivity (Wildman–Crippen MR) is 43.8 cm³/mol. The molecule has 3 rings (SSSR count). The lowest BCUT2D eigenvalue weighted by Gasteiger charge is -2.59. The van der Waals surface area contributed by atoms with E-state index in [-0.39, 0.29) is 0 Å². The highest BCUT2D eigenvalue weighted by molar-refractivity contribution is 5.01. The summed E-state index contributed by atoms with van der Waals surface area (Å²) in [6.07, 6.45) is 4.54. The largest absolute Gasteiger partial charge is 0.0622 e. The van der Waals surface area contributed by atoms with Gasteiger partial charge in [-0.3, -0.25) is 0 Å². The lowest BCUT2D eigenvalue weighted by atomic mass is 9.46. The van der Waals surface area contributed by atoms with Gasteiger partial charge in [0.25, 0.3) is 0 Å². The average Bonchev–Trinajstić information content (AvgIpc) is 1.87. The highest BCUT2D eigenvalue weighted by Crippen LogP contribution is 2.61. The molecule has 58 valence electrons. The van der Waals surface area contributed by atoms with Crippen LogP contribution in [-0.4, -0.2) is 0 Å². The molecule has 3 aliphatic carbocycles. The minimum atomic E-state index is 0.706. The van der Waals surface area contributed by atoms with Gasteiger partial charge < -0.3 is 0 Å². The molecular weight excluding hydrogens is 120 g/mol. The quantitative estimate of drug-likeness (QED) is 0.482. The van der Waals surface area contributed by atoms with Crippen molar-refractivity contribution in [3.63, 3.8) is 0 Å². The van der Waals surface area contributed by atoms with E-state index < -0.39 is 0 Å². The van der Waals surface area contributed by atoms with Gasteiger partial charge in [0.15, 0.2) is 0 Å². The van der Waals surface area contributed by atoms with E-state index in [2.05, 4.69) is 20.8 Å². The summed E-state index contributed by atoms with van der Waals surface area (Å²) in [6, 6.07) is 0. The third-order valence-corrected chi connectivity index (χ3v) is 4.20. The molecule has 0 aromatic carbocycles. The smallest absolute Gasteiger partial charge is 0.0295 e. The van der Waals surface area contributed by atoms with Gasteiger partial charge in [-0.2, -0.15) is 0 Å². The highest BCUT2D eigenvalue weighted by Gasteiger charge is 2.52. The minimum absolute atomic E-state index is 0.706. The summed E-state index contributed by atoms with van der Waals surface area (Å²) in [7, 11) is 0. The molecule has 0 heteroatoms. The van der Waals surface area contributed by atoms with Crippen molar-refractivity contribution in [3.8, 4) is 0 Å². The van der Waals surface area contributed by atoms with Gasteiger partial charge in [0.2, 0.25) is 0 Å². The number of rotatable bonds is 0. The summed E-state index contributed by atoms with van der Waals surface area (Å²) in [5, 5.41) is 0. The highest BCUT2D eigenvalue weighted by atomic mass is 14.6. The van der Waals surface area contributed by atoms with E-state index in [9.17, 15) is 0 Å². The fraction of sp³-hybridized carbons (Fsp3) is 1.00. The zero-order valence-corrected chi connectivity index (χ0v) is 7.35. The molecule has 2 bridgehead atoms. The van der Waals surface area contributed by atoms with Crippen LogP contribution in [0.25, 0.3) is 0 Å². The number of fused-ring (bicyclic) bond motifs is 2. The number of hydrogen-bond donors (Lipinski definition) is 0. The van der Waals surface area contributed by atoms with Gasteiger partial charge in [-0.05, 0) is 36.0 Å². The van der Waals surface area contributed by atoms with Gasteiger partial charge in [0.1, 0.15) is 0 Å². The van der Waals surface area contributed by atoms with E-state index in [1.165, 1.54) is 19.3 Å². The third-order valence-electron chi connectivity index (χ3n) is 4.20. The molecule has 0 aromatic heterocycles. The second-order valence-corrected chi connectivity index (χ2v) is 4.92. The Bertz CT molecular complexity index is 144. The Balaban J connectivity index is 2.16. The van der Waals surface area contributed by atoms with Gasteiger partial charge in [-0.25, -0.2) is 0 Å². The monoisotopic (exact) mass is 138 g/mol. The Morgan fingerprint density at radius 3 is 2.20 bits per heavy atom. The molecule has 3 saturated carbocycles. The van der Waals surface area contributed by atoms with Crippen molar-refractivity contribution < 1.29 is 0 Å². The Labute approximate surface area is 64.0 Å². The first-order valence-electron chi connectivity index (χ1n) is 4.62. The Hall–Kier alpha value is 0. The van der Waals surface area contributed by atoms with Crippen LogP contribution in [0.3, 0.4) is 0 Å². The van der Waals surface area contributed by atoms with Crippen LogP contribution in [0.5, 0.6) is 0 Å². The molecule has 3 aliphatic rings. The maximum absolute atomic E-state index is 2.46. The fourth-order valence-electron chi connectivity index (χ4n) is 3.18. The maximum Gasteiger partial charge on any atom is -0.0295 e. The molecule has 0 aromatic rings. The summed E-state index contributed by atoms with van der Waals surface area (Å²) in [6.45, 7) is 7.35. The molecule has 0 N–H and O–H groups in total. The first kappa shape index (κ1) is 6.69. The zero-order chi connectivity index (χ0) is 7.35. The minimum Gasteiger partial charge on any atom is -0.0622 e. The first-order valence-corrected chi connectivity index (χ1v) is 4.62. The molecule has 0 nitrogen and oxygen atoms in total. The average molecular weight is 138 g/mol. The van der Waals surface area contributed by atoms with Crippen molar-refractivity contribution in [2.45, 2.75) is 40.0 Å². The Morgan fingerprint density at radius 2 is 1.90 bits per heavy atom. The van der Waals surface area contributed by atoms with Crippen LogP contribution in [-0.2, 0) is 0 Å². The van der Waals surface area contributed by atoms with Crippen LogP contribution >= 0.6 is 0 Å². The summed E-state index contributed by atoms with van der Waals surface area (Å²) < 4.78 is 0. The van der Waals surface area contributed by atoms with Crippen LogP contribution in [0.2, 0.25) is 0 Å². The molecule has 1 unspecified atom stereocenters. The number of hydrogen-bond acceptors (Lipinski definition) is 0. The van der Waals surface area contributed by atoms with E-state index in [0.717, 1.165) is 17.8 Å². The zero-order valence-electron chi connectivity index (χ0n) is 7.35. The van der Waals surface area contributed by atoms with Crippen LogP contribution in [0.1, 0.15) is 40.0 Å². The second kappa shape index (κ2) is 1.78. The summed E-state index contributed by atoms with van der Waals surface area (Å²) >= 11 is 0. The molecule has 0 amide bonds. The van der Waals surface area contributed by atoms with Gasteiger partial charge in [0.05, 0.1) is 0 Å². The van der Waals surface area contributed by atoms with Crippen LogP contribution in [0.4, 0.5) is 0 Å². The van der Waals surface area contributed by atoms with E-state index in [4.69, 9.17) is 0 Å². The molecule has 0 radical (unpaired) electrons. The van der Waals surface area contributed by atoms with E-state index in [1.807, 2.05) is 0 Å². The Kier molecular flexibility index (Phi) is 1.19. The van der Waals surface area contributed by atoms with Crippen molar-refractivity contribution in [1.29, 1.82) is 0 Å². The molecule has 0 spiro atoms. The van der Waals surface area contributed by atoms with Gasteiger partial charge >= 0.3 is 0 Å². The van der Waals surface area contributed by atoms with Crippen LogP contribution < -0.4 is 0 Å². The summed E-state index contributed by atoms with van der Waals surface area (Å²) in [4.78, 5) is 0. The third kappa shape index (κ3) is 0.627.